The summed E-state index contributed by atoms with van der Waals surface area (Å²) in [5.41, 5.74) is 0.483. The minimum Gasteiger partial charge on any atom is -0.481 e. The van der Waals surface area contributed by atoms with Crippen molar-refractivity contribution in [3.63, 3.8) is 0 Å². The molecule has 0 aliphatic rings. The van der Waals surface area contributed by atoms with Gasteiger partial charge in [0.25, 0.3) is 0 Å². The van der Waals surface area contributed by atoms with E-state index in [2.05, 4.69) is 15.2 Å². The van der Waals surface area contributed by atoms with Crippen LogP contribution in [0.2, 0.25) is 0 Å². The third-order valence-electron chi connectivity index (χ3n) is 2.04. The van der Waals surface area contributed by atoms with Gasteiger partial charge in [-0.2, -0.15) is 0 Å². The Labute approximate surface area is 90.0 Å². The van der Waals surface area contributed by atoms with Crippen LogP contribution in [0.3, 0.4) is 0 Å². The SMILES string of the molecule is O=C(O)CCc1nnc2cccc(F)c2n1. The Morgan fingerprint density at radius 2 is 2.19 bits per heavy atom. The van der Waals surface area contributed by atoms with Crippen molar-refractivity contribution >= 4 is 17.0 Å². The molecule has 0 spiro atoms. The molecule has 0 aliphatic carbocycles. The number of benzene rings is 1. The van der Waals surface area contributed by atoms with Crippen molar-refractivity contribution in [3.8, 4) is 0 Å². The maximum absolute atomic E-state index is 13.3. The molecule has 0 atom stereocenters. The molecule has 0 amide bonds. The number of aliphatic carboxylic acids is 1. The summed E-state index contributed by atoms with van der Waals surface area (Å²) in [5.74, 6) is -1.19. The predicted molar refractivity (Wildman–Crippen MR) is 53.2 cm³/mol. The second kappa shape index (κ2) is 4.18. The summed E-state index contributed by atoms with van der Waals surface area (Å²) in [5, 5.41) is 16.0. The van der Waals surface area contributed by atoms with Crippen LogP contribution in [-0.4, -0.2) is 26.3 Å². The summed E-state index contributed by atoms with van der Waals surface area (Å²) in [6, 6.07) is 4.39. The lowest BCUT2D eigenvalue weighted by molar-refractivity contribution is -0.137. The molecule has 82 valence electrons. The van der Waals surface area contributed by atoms with E-state index in [0.717, 1.165) is 0 Å². The van der Waals surface area contributed by atoms with Crippen LogP contribution in [0.5, 0.6) is 0 Å². The van der Waals surface area contributed by atoms with Crippen molar-refractivity contribution in [2.24, 2.45) is 0 Å². The van der Waals surface area contributed by atoms with E-state index in [1.807, 2.05) is 0 Å². The summed E-state index contributed by atoms with van der Waals surface area (Å²) in [7, 11) is 0. The molecule has 0 fully saturated rings. The third-order valence-corrected chi connectivity index (χ3v) is 2.04. The number of carboxylic acid groups (broad SMARTS) is 1. The zero-order chi connectivity index (χ0) is 11.5. The Bertz CT molecular complexity index is 545. The van der Waals surface area contributed by atoms with E-state index in [0.29, 0.717) is 5.52 Å². The fraction of sp³-hybridized carbons (Fsp3) is 0.200. The van der Waals surface area contributed by atoms with Gasteiger partial charge in [-0.3, -0.25) is 4.79 Å². The van der Waals surface area contributed by atoms with Gasteiger partial charge in [0.2, 0.25) is 0 Å². The monoisotopic (exact) mass is 221 g/mol. The molecule has 0 bridgehead atoms. The quantitative estimate of drug-likeness (QED) is 0.842. The zero-order valence-corrected chi connectivity index (χ0v) is 8.22. The lowest BCUT2D eigenvalue weighted by Crippen LogP contribution is -2.04. The minimum absolute atomic E-state index is 0.0956. The second-order valence-electron chi connectivity index (χ2n) is 3.23. The van der Waals surface area contributed by atoms with Gasteiger partial charge in [0.15, 0.2) is 11.6 Å². The highest BCUT2D eigenvalue weighted by Crippen LogP contribution is 2.12. The molecule has 1 aromatic carbocycles. The van der Waals surface area contributed by atoms with Gasteiger partial charge in [-0.1, -0.05) is 6.07 Å². The van der Waals surface area contributed by atoms with Crippen LogP contribution in [0.15, 0.2) is 18.2 Å². The number of carboxylic acids is 1. The van der Waals surface area contributed by atoms with E-state index >= 15 is 0 Å². The van der Waals surface area contributed by atoms with Crippen LogP contribution >= 0.6 is 0 Å². The topological polar surface area (TPSA) is 76.0 Å². The van der Waals surface area contributed by atoms with Gasteiger partial charge in [0, 0.05) is 6.42 Å². The molecule has 0 saturated heterocycles. The van der Waals surface area contributed by atoms with Crippen LogP contribution in [0, 0.1) is 5.82 Å². The van der Waals surface area contributed by atoms with Crippen LogP contribution < -0.4 is 0 Å². The second-order valence-corrected chi connectivity index (χ2v) is 3.23. The molecule has 16 heavy (non-hydrogen) atoms. The molecule has 5 nitrogen and oxygen atoms in total. The summed E-state index contributed by atoms with van der Waals surface area (Å²) in [4.78, 5) is 14.3. The molecule has 1 N–H and O–H groups in total. The molecule has 0 radical (unpaired) electrons. The number of hydrogen-bond donors (Lipinski definition) is 1. The molecular weight excluding hydrogens is 213 g/mol. The summed E-state index contributed by atoms with van der Waals surface area (Å²) < 4.78 is 13.3. The fourth-order valence-corrected chi connectivity index (χ4v) is 1.28. The summed E-state index contributed by atoms with van der Waals surface area (Å²) in [6.07, 6.45) is 0.0498. The third kappa shape index (κ3) is 2.10. The van der Waals surface area contributed by atoms with Crippen molar-refractivity contribution in [2.45, 2.75) is 12.8 Å². The first-order valence-electron chi connectivity index (χ1n) is 4.66. The molecule has 1 aromatic heterocycles. The first-order valence-corrected chi connectivity index (χ1v) is 4.66. The van der Waals surface area contributed by atoms with Gasteiger partial charge in [-0.05, 0) is 12.1 Å². The number of halogens is 1. The van der Waals surface area contributed by atoms with E-state index in [9.17, 15) is 9.18 Å². The Balaban J connectivity index is 2.35. The van der Waals surface area contributed by atoms with Crippen LogP contribution in [0.4, 0.5) is 4.39 Å². The zero-order valence-electron chi connectivity index (χ0n) is 8.22. The first kappa shape index (κ1) is 10.4. The van der Waals surface area contributed by atoms with Crippen molar-refractivity contribution in [1.29, 1.82) is 0 Å². The fourth-order valence-electron chi connectivity index (χ4n) is 1.28. The van der Waals surface area contributed by atoms with Crippen molar-refractivity contribution in [2.75, 3.05) is 0 Å². The summed E-state index contributed by atoms with van der Waals surface area (Å²) in [6.45, 7) is 0. The molecule has 0 aliphatic heterocycles. The van der Waals surface area contributed by atoms with Crippen LogP contribution in [0.25, 0.3) is 11.0 Å². The number of para-hydroxylation sites is 1. The number of aromatic nitrogens is 3. The largest absolute Gasteiger partial charge is 0.481 e. The summed E-state index contributed by atoms with van der Waals surface area (Å²) >= 11 is 0. The molecule has 1 heterocycles. The number of nitrogens with zero attached hydrogens (tertiary/aromatic N) is 3. The van der Waals surface area contributed by atoms with Gasteiger partial charge in [-0.15, -0.1) is 10.2 Å². The molecule has 2 aromatic rings. The Morgan fingerprint density at radius 3 is 2.94 bits per heavy atom. The van der Waals surface area contributed by atoms with E-state index < -0.39 is 11.8 Å². The van der Waals surface area contributed by atoms with Gasteiger partial charge < -0.3 is 5.11 Å². The van der Waals surface area contributed by atoms with Crippen molar-refractivity contribution in [3.05, 3.63) is 29.8 Å². The normalized spacial score (nSPS) is 10.6. The van der Waals surface area contributed by atoms with E-state index in [1.54, 1.807) is 6.07 Å². The van der Waals surface area contributed by atoms with Crippen molar-refractivity contribution < 1.29 is 14.3 Å². The number of carbonyl (C=O) groups is 1. The molecule has 0 unspecified atom stereocenters. The average molecular weight is 221 g/mol. The standard InChI is InChI=1S/C10H8FN3O2/c11-6-2-1-3-7-10(6)12-8(14-13-7)4-5-9(15)16/h1-3H,4-5H2,(H,15,16). The van der Waals surface area contributed by atoms with E-state index in [-0.39, 0.29) is 24.2 Å². The van der Waals surface area contributed by atoms with Gasteiger partial charge in [-0.25, -0.2) is 9.37 Å². The highest BCUT2D eigenvalue weighted by atomic mass is 19.1. The lowest BCUT2D eigenvalue weighted by atomic mass is 10.2. The number of rotatable bonds is 3. The Kier molecular flexibility index (Phi) is 2.72. The average Bonchev–Trinajstić information content (AvgIpc) is 2.27. The van der Waals surface area contributed by atoms with E-state index in [4.69, 9.17) is 5.11 Å². The van der Waals surface area contributed by atoms with Crippen molar-refractivity contribution in [1.82, 2.24) is 15.2 Å². The van der Waals surface area contributed by atoms with Gasteiger partial charge >= 0.3 is 5.97 Å². The lowest BCUT2D eigenvalue weighted by Gasteiger charge is -1.99. The maximum atomic E-state index is 13.3. The van der Waals surface area contributed by atoms with Gasteiger partial charge in [0.1, 0.15) is 11.0 Å². The molecule has 6 heteroatoms. The predicted octanol–water partition coefficient (Wildman–Crippen LogP) is 1.18. The molecule has 2 rings (SSSR count). The van der Waals surface area contributed by atoms with Crippen LogP contribution in [0.1, 0.15) is 12.2 Å². The molecular formula is C10H8FN3O2. The van der Waals surface area contributed by atoms with Crippen LogP contribution in [-0.2, 0) is 11.2 Å². The Hall–Kier alpha value is -2.11. The minimum atomic E-state index is -0.947. The smallest absolute Gasteiger partial charge is 0.303 e. The maximum Gasteiger partial charge on any atom is 0.303 e. The highest BCUT2D eigenvalue weighted by Gasteiger charge is 2.07. The van der Waals surface area contributed by atoms with E-state index in [1.165, 1.54) is 12.1 Å². The molecule has 0 saturated carbocycles. The first-order chi connectivity index (χ1) is 7.66. The number of fused-ring (bicyclic) bond motifs is 1. The number of hydrogen-bond acceptors (Lipinski definition) is 4. The number of aryl methyl sites for hydroxylation is 1. The Morgan fingerprint density at radius 1 is 1.38 bits per heavy atom. The van der Waals surface area contributed by atoms with Gasteiger partial charge in [0.05, 0.1) is 6.42 Å². The highest BCUT2D eigenvalue weighted by molar-refractivity contribution is 5.74.